The summed E-state index contributed by atoms with van der Waals surface area (Å²) in [6.45, 7) is -0.0851. The van der Waals surface area contributed by atoms with Crippen molar-refractivity contribution in [1.29, 1.82) is 0 Å². The van der Waals surface area contributed by atoms with E-state index in [1.807, 2.05) is 54.6 Å². The largest absolute Gasteiger partial charge is 0.458 e. The molecule has 0 bridgehead atoms. The first-order valence-corrected chi connectivity index (χ1v) is 17.1. The van der Waals surface area contributed by atoms with Crippen LogP contribution in [0.5, 0.6) is 34.5 Å². The number of anilines is 3. The highest BCUT2D eigenvalue weighted by Crippen LogP contribution is 2.59. The number of benzene rings is 7. The predicted octanol–water partition coefficient (Wildman–Crippen LogP) is 9.83. The van der Waals surface area contributed by atoms with Gasteiger partial charge in [-0.15, -0.1) is 0 Å². The van der Waals surface area contributed by atoms with Crippen LogP contribution in [0, 0.1) is 0 Å². The number of aromatic nitrogens is 1. The molecule has 7 heteroatoms. The minimum atomic E-state index is -0.0851. The van der Waals surface area contributed by atoms with Crippen LogP contribution in [-0.2, 0) is 0 Å². The number of para-hydroxylation sites is 5. The zero-order valence-electron chi connectivity index (χ0n) is 27.0. The molecular weight excluding hydrogens is 631 g/mol. The van der Waals surface area contributed by atoms with Gasteiger partial charge in [0.2, 0.25) is 5.88 Å². The quantitative estimate of drug-likeness (QED) is 0.174. The SMILES string of the molecule is c1cc(N2c3oc4ccccc4c3Oc3cc4c5c(c32)Oc2ccccc2B5c2ccccc2O4)cc(-n2c3ccccc3c3ccccc32)c1. The Morgan fingerprint density at radius 2 is 1.06 bits per heavy atom. The maximum absolute atomic E-state index is 6.95. The minimum Gasteiger partial charge on any atom is -0.458 e. The third kappa shape index (κ3) is 3.61. The van der Waals surface area contributed by atoms with Crippen molar-refractivity contribution in [2.75, 3.05) is 4.90 Å². The molecule has 0 aliphatic carbocycles. The van der Waals surface area contributed by atoms with E-state index in [0.717, 1.165) is 72.7 Å². The number of hydrogen-bond acceptors (Lipinski definition) is 5. The zero-order chi connectivity index (χ0) is 33.2. The van der Waals surface area contributed by atoms with Crippen molar-refractivity contribution in [2.24, 2.45) is 0 Å². The fourth-order valence-electron chi connectivity index (χ4n) is 8.38. The summed E-state index contributed by atoms with van der Waals surface area (Å²) in [6, 6.07) is 52.3. The Labute approximate surface area is 292 Å². The molecule has 0 amide bonds. The van der Waals surface area contributed by atoms with E-state index in [1.165, 1.54) is 10.8 Å². The molecule has 5 heterocycles. The molecule has 0 N–H and O–H groups in total. The molecule has 2 aromatic heterocycles. The third-order valence-corrected chi connectivity index (χ3v) is 10.5. The molecule has 9 aromatic rings. The molecule has 0 unspecified atom stereocenters. The van der Waals surface area contributed by atoms with Gasteiger partial charge in [-0.3, -0.25) is 4.90 Å². The number of fused-ring (bicyclic) bond motifs is 12. The highest BCUT2D eigenvalue weighted by Gasteiger charge is 2.45. The van der Waals surface area contributed by atoms with Gasteiger partial charge in [0.1, 0.15) is 28.5 Å². The molecule has 12 rings (SSSR count). The summed E-state index contributed by atoms with van der Waals surface area (Å²) in [5, 5.41) is 3.32. The second-order valence-electron chi connectivity index (χ2n) is 13.2. The van der Waals surface area contributed by atoms with Crippen LogP contribution in [0.15, 0.2) is 156 Å². The van der Waals surface area contributed by atoms with E-state index in [4.69, 9.17) is 18.6 Å². The van der Waals surface area contributed by atoms with Crippen molar-refractivity contribution in [3.8, 4) is 40.2 Å². The van der Waals surface area contributed by atoms with E-state index in [9.17, 15) is 0 Å². The minimum absolute atomic E-state index is 0.0851. The Hall–Kier alpha value is -6.86. The monoisotopic (exact) mass is 656 g/mol. The van der Waals surface area contributed by atoms with Crippen molar-refractivity contribution >= 4 is 73.1 Å². The average Bonchev–Trinajstić information content (AvgIpc) is 3.72. The standard InChI is InChI=1S/C44H25BN2O4/c1-6-19-33-28(14-1)29-15-2-7-20-34(29)46(33)26-12-11-13-27(24-26)47-41-39(50-42-30-16-3-8-21-35(30)51-44(42)47)25-38-40-43(41)49-37-23-10-5-18-32(37)45(40)31-17-4-9-22-36(31)48-38/h1-25H. The zero-order valence-corrected chi connectivity index (χ0v) is 27.0. The summed E-state index contributed by atoms with van der Waals surface area (Å²) in [5.74, 6) is 4.92. The molecule has 238 valence electrons. The fraction of sp³-hybridized carbons (Fsp3) is 0. The maximum atomic E-state index is 6.95. The van der Waals surface area contributed by atoms with Crippen molar-refractivity contribution < 1.29 is 18.6 Å². The van der Waals surface area contributed by atoms with Crippen LogP contribution in [0.4, 0.5) is 17.3 Å². The highest BCUT2D eigenvalue weighted by molar-refractivity contribution is 6.98. The van der Waals surface area contributed by atoms with Crippen LogP contribution in [0.25, 0.3) is 38.5 Å². The first-order chi connectivity index (χ1) is 25.3. The van der Waals surface area contributed by atoms with Gasteiger partial charge in [-0.2, -0.15) is 0 Å². The predicted molar refractivity (Wildman–Crippen MR) is 203 cm³/mol. The Balaban J connectivity index is 1.15. The average molecular weight is 657 g/mol. The second-order valence-corrected chi connectivity index (χ2v) is 13.2. The highest BCUT2D eigenvalue weighted by atomic mass is 16.5. The molecular formula is C44H25BN2O4. The molecule has 6 nitrogen and oxygen atoms in total. The van der Waals surface area contributed by atoms with Gasteiger partial charge in [0.05, 0.1) is 22.1 Å². The van der Waals surface area contributed by atoms with Crippen LogP contribution >= 0.6 is 0 Å². The van der Waals surface area contributed by atoms with Crippen molar-refractivity contribution in [3.63, 3.8) is 0 Å². The summed E-state index contributed by atoms with van der Waals surface area (Å²) in [7, 11) is 0. The first-order valence-electron chi connectivity index (χ1n) is 17.1. The molecule has 0 fully saturated rings. The van der Waals surface area contributed by atoms with E-state index in [2.05, 4.69) is 107 Å². The van der Waals surface area contributed by atoms with E-state index >= 15 is 0 Å². The van der Waals surface area contributed by atoms with Gasteiger partial charge < -0.3 is 23.2 Å². The molecule has 7 aromatic carbocycles. The van der Waals surface area contributed by atoms with E-state index in [-0.39, 0.29) is 6.71 Å². The van der Waals surface area contributed by atoms with Gasteiger partial charge in [-0.1, -0.05) is 91.0 Å². The number of furan rings is 1. The van der Waals surface area contributed by atoms with E-state index in [0.29, 0.717) is 23.1 Å². The smallest absolute Gasteiger partial charge is 0.260 e. The molecule has 0 atom stereocenters. The lowest BCUT2D eigenvalue weighted by Crippen LogP contribution is -2.57. The molecule has 3 aliphatic rings. The number of hydrogen-bond donors (Lipinski definition) is 0. The summed E-state index contributed by atoms with van der Waals surface area (Å²) in [4.78, 5) is 2.16. The molecule has 0 saturated carbocycles. The number of rotatable bonds is 2. The Kier molecular flexibility index (Phi) is 5.23. The Bertz CT molecular complexity index is 2880. The lowest BCUT2D eigenvalue weighted by Gasteiger charge is -2.38. The number of ether oxygens (including phenoxy) is 3. The van der Waals surface area contributed by atoms with Crippen LogP contribution in [0.3, 0.4) is 0 Å². The van der Waals surface area contributed by atoms with Crippen LogP contribution in [0.2, 0.25) is 0 Å². The number of nitrogens with zero attached hydrogens (tertiary/aromatic N) is 2. The van der Waals surface area contributed by atoms with Crippen LogP contribution < -0.4 is 35.5 Å². The Morgan fingerprint density at radius 3 is 1.82 bits per heavy atom. The molecule has 0 saturated heterocycles. The summed E-state index contributed by atoms with van der Waals surface area (Å²) >= 11 is 0. The van der Waals surface area contributed by atoms with Crippen LogP contribution in [-0.4, -0.2) is 11.3 Å². The van der Waals surface area contributed by atoms with Crippen molar-refractivity contribution in [1.82, 2.24) is 4.57 Å². The third-order valence-electron chi connectivity index (χ3n) is 10.5. The normalized spacial score (nSPS) is 13.5. The summed E-state index contributed by atoms with van der Waals surface area (Å²) < 4.78 is 29.5. The molecule has 51 heavy (non-hydrogen) atoms. The van der Waals surface area contributed by atoms with Crippen molar-refractivity contribution in [2.45, 2.75) is 0 Å². The Morgan fingerprint density at radius 1 is 0.451 bits per heavy atom. The van der Waals surface area contributed by atoms with Gasteiger partial charge in [-0.05, 0) is 65.5 Å². The van der Waals surface area contributed by atoms with Gasteiger partial charge in [-0.25, -0.2) is 0 Å². The lowest BCUT2D eigenvalue weighted by atomic mass is 9.35. The molecule has 3 aliphatic heterocycles. The van der Waals surface area contributed by atoms with Crippen molar-refractivity contribution in [3.05, 3.63) is 152 Å². The fourth-order valence-corrected chi connectivity index (χ4v) is 8.38. The summed E-state index contributed by atoms with van der Waals surface area (Å²) in [6.07, 6.45) is 0. The van der Waals surface area contributed by atoms with Gasteiger partial charge >= 0.3 is 0 Å². The maximum Gasteiger partial charge on any atom is 0.260 e. The van der Waals surface area contributed by atoms with Gasteiger partial charge in [0, 0.05) is 28.0 Å². The van der Waals surface area contributed by atoms with E-state index in [1.54, 1.807) is 0 Å². The molecule has 0 radical (unpaired) electrons. The summed E-state index contributed by atoms with van der Waals surface area (Å²) in [5.41, 5.74) is 8.90. The van der Waals surface area contributed by atoms with Gasteiger partial charge in [0.25, 0.3) is 6.71 Å². The van der Waals surface area contributed by atoms with Gasteiger partial charge in [0.15, 0.2) is 17.2 Å². The van der Waals surface area contributed by atoms with Crippen LogP contribution in [0.1, 0.15) is 0 Å². The lowest BCUT2D eigenvalue weighted by molar-refractivity contribution is 0.433. The topological polar surface area (TPSA) is 49.0 Å². The first kappa shape index (κ1) is 27.0. The second kappa shape index (κ2) is 9.86. The molecule has 0 spiro atoms. The van der Waals surface area contributed by atoms with E-state index < -0.39 is 0 Å².